The van der Waals surface area contributed by atoms with Gasteiger partial charge in [-0.1, -0.05) is 18.2 Å². The van der Waals surface area contributed by atoms with Gasteiger partial charge in [-0.2, -0.15) is 0 Å². The van der Waals surface area contributed by atoms with Crippen LogP contribution in [0.1, 0.15) is 18.9 Å². The second kappa shape index (κ2) is 13.3. The number of aliphatic imine (C=N–C) groups is 1. The number of hydrogen-bond acceptors (Lipinski definition) is 5. The first-order valence-corrected chi connectivity index (χ1v) is 10.9. The highest BCUT2D eigenvalue weighted by molar-refractivity contribution is 14.0. The van der Waals surface area contributed by atoms with E-state index in [1.165, 1.54) is 6.42 Å². The number of likely N-dealkylation sites (tertiary alicyclic amines) is 1. The number of nitrogens with one attached hydrogen (secondary N) is 1. The van der Waals surface area contributed by atoms with Crippen molar-refractivity contribution in [2.75, 3.05) is 73.2 Å². The van der Waals surface area contributed by atoms with E-state index in [1.54, 1.807) is 0 Å². The molecule has 2 aliphatic heterocycles. The van der Waals surface area contributed by atoms with E-state index in [1.807, 2.05) is 12.1 Å². The van der Waals surface area contributed by atoms with Crippen LogP contribution in [0.5, 0.6) is 5.75 Å². The molecule has 0 aliphatic carbocycles. The average Bonchev–Trinajstić information content (AvgIpc) is 3.22. The van der Waals surface area contributed by atoms with Crippen LogP contribution in [0.15, 0.2) is 29.3 Å². The molecular formula is C22H38IN5O2. The second-order valence-corrected chi connectivity index (χ2v) is 7.97. The maximum absolute atomic E-state index is 6.00. The summed E-state index contributed by atoms with van der Waals surface area (Å²) in [6, 6.07) is 8.83. The highest BCUT2D eigenvalue weighted by Crippen LogP contribution is 2.20. The van der Waals surface area contributed by atoms with Crippen LogP contribution in [0.4, 0.5) is 0 Å². The lowest BCUT2D eigenvalue weighted by Gasteiger charge is -2.32. The van der Waals surface area contributed by atoms with Crippen molar-refractivity contribution in [3.63, 3.8) is 0 Å². The lowest BCUT2D eigenvalue weighted by atomic mass is 10.2. The quantitative estimate of drug-likeness (QED) is 0.315. The second-order valence-electron chi connectivity index (χ2n) is 7.97. The maximum atomic E-state index is 6.00. The van der Waals surface area contributed by atoms with E-state index in [-0.39, 0.29) is 24.0 Å². The number of hydrogen-bond donors (Lipinski definition) is 1. The van der Waals surface area contributed by atoms with Gasteiger partial charge in [0, 0.05) is 50.9 Å². The summed E-state index contributed by atoms with van der Waals surface area (Å²) in [6.45, 7) is 11.1. The standard InChI is InChI=1S/C22H37N5O2.HI/c1-4-23-22(27-10-9-20(18-27)26-12-14-28-15-13-26)24-17-19-7-5-6-8-21(19)29-16-11-25(2)3;/h5-8,20H,4,9-18H2,1-3H3,(H,23,24);1H. The van der Waals surface area contributed by atoms with E-state index in [9.17, 15) is 0 Å². The van der Waals surface area contributed by atoms with Crippen LogP contribution >= 0.6 is 24.0 Å². The number of morpholine rings is 1. The molecule has 0 aromatic heterocycles. The highest BCUT2D eigenvalue weighted by atomic mass is 127. The predicted octanol–water partition coefficient (Wildman–Crippen LogP) is 2.12. The molecule has 7 nitrogen and oxygen atoms in total. The smallest absolute Gasteiger partial charge is 0.194 e. The SMILES string of the molecule is CCNC(=NCc1ccccc1OCCN(C)C)N1CCC(N2CCOCC2)C1.I. The molecule has 0 bridgehead atoms. The fourth-order valence-electron chi connectivity index (χ4n) is 3.87. The lowest BCUT2D eigenvalue weighted by molar-refractivity contribution is 0.0195. The number of ether oxygens (including phenoxy) is 2. The first-order valence-electron chi connectivity index (χ1n) is 10.9. The van der Waals surface area contributed by atoms with Gasteiger partial charge in [-0.15, -0.1) is 24.0 Å². The van der Waals surface area contributed by atoms with Gasteiger partial charge in [-0.3, -0.25) is 4.90 Å². The largest absolute Gasteiger partial charge is 0.492 e. The molecule has 2 saturated heterocycles. The first-order chi connectivity index (χ1) is 14.2. The topological polar surface area (TPSA) is 52.6 Å². The zero-order valence-electron chi connectivity index (χ0n) is 18.7. The van der Waals surface area contributed by atoms with Gasteiger partial charge in [0.1, 0.15) is 12.4 Å². The van der Waals surface area contributed by atoms with Crippen molar-refractivity contribution in [2.45, 2.75) is 25.9 Å². The summed E-state index contributed by atoms with van der Waals surface area (Å²) in [6.07, 6.45) is 1.19. The van der Waals surface area contributed by atoms with Gasteiger partial charge in [0.2, 0.25) is 0 Å². The molecule has 1 atom stereocenters. The number of benzene rings is 1. The summed E-state index contributed by atoms with van der Waals surface area (Å²) >= 11 is 0. The normalized spacial score (nSPS) is 20.3. The molecule has 0 saturated carbocycles. The molecule has 8 heteroatoms. The molecule has 2 aliphatic rings. The van der Waals surface area contributed by atoms with Gasteiger partial charge >= 0.3 is 0 Å². The van der Waals surface area contributed by atoms with Crippen molar-refractivity contribution in [3.05, 3.63) is 29.8 Å². The Morgan fingerprint density at radius 2 is 2.00 bits per heavy atom. The Kier molecular flexibility index (Phi) is 11.2. The van der Waals surface area contributed by atoms with Gasteiger partial charge in [0.25, 0.3) is 0 Å². The molecule has 1 N–H and O–H groups in total. The minimum atomic E-state index is 0. The van der Waals surface area contributed by atoms with Gasteiger partial charge in [0.15, 0.2) is 5.96 Å². The third-order valence-electron chi connectivity index (χ3n) is 5.53. The summed E-state index contributed by atoms with van der Waals surface area (Å²) in [4.78, 5) is 12.0. The van der Waals surface area contributed by atoms with Crippen molar-refractivity contribution in [3.8, 4) is 5.75 Å². The molecule has 0 amide bonds. The van der Waals surface area contributed by atoms with E-state index in [0.29, 0.717) is 19.2 Å². The summed E-state index contributed by atoms with van der Waals surface area (Å²) in [5.41, 5.74) is 1.13. The molecule has 1 aromatic carbocycles. The van der Waals surface area contributed by atoms with E-state index in [0.717, 1.165) is 69.8 Å². The number of nitrogens with zero attached hydrogens (tertiary/aromatic N) is 4. The molecule has 3 rings (SSSR count). The molecular weight excluding hydrogens is 493 g/mol. The fourth-order valence-corrected chi connectivity index (χ4v) is 3.87. The molecule has 30 heavy (non-hydrogen) atoms. The number of para-hydroxylation sites is 1. The Hall–Kier alpha value is -1.10. The monoisotopic (exact) mass is 531 g/mol. The summed E-state index contributed by atoms with van der Waals surface area (Å²) in [5.74, 6) is 1.94. The summed E-state index contributed by atoms with van der Waals surface area (Å²) < 4.78 is 11.5. The van der Waals surface area contributed by atoms with Crippen LogP contribution in [0.2, 0.25) is 0 Å². The van der Waals surface area contributed by atoms with Gasteiger partial charge in [-0.05, 0) is 33.5 Å². The van der Waals surface area contributed by atoms with Crippen LogP contribution < -0.4 is 10.1 Å². The number of halogens is 1. The number of guanidine groups is 1. The third-order valence-corrected chi connectivity index (χ3v) is 5.53. The molecule has 170 valence electrons. The van der Waals surface area contributed by atoms with E-state index in [4.69, 9.17) is 14.5 Å². The fraction of sp³-hybridized carbons (Fsp3) is 0.682. The lowest BCUT2D eigenvalue weighted by Crippen LogP contribution is -2.46. The first kappa shape index (κ1) is 25.2. The third kappa shape index (κ3) is 7.55. The molecule has 2 heterocycles. The minimum absolute atomic E-state index is 0. The van der Waals surface area contributed by atoms with Crippen LogP contribution in [-0.2, 0) is 11.3 Å². The Labute approximate surface area is 198 Å². The van der Waals surface area contributed by atoms with E-state index >= 15 is 0 Å². The van der Waals surface area contributed by atoms with Crippen molar-refractivity contribution in [2.24, 2.45) is 4.99 Å². The van der Waals surface area contributed by atoms with Crippen molar-refractivity contribution in [1.29, 1.82) is 0 Å². The van der Waals surface area contributed by atoms with Crippen LogP contribution in [0.25, 0.3) is 0 Å². The van der Waals surface area contributed by atoms with Crippen LogP contribution in [-0.4, -0.2) is 99.9 Å². The Morgan fingerprint density at radius 3 is 2.73 bits per heavy atom. The molecule has 0 spiro atoms. The van der Waals surface area contributed by atoms with Crippen molar-refractivity contribution in [1.82, 2.24) is 20.0 Å². The van der Waals surface area contributed by atoms with Crippen LogP contribution in [0.3, 0.4) is 0 Å². The van der Waals surface area contributed by atoms with Gasteiger partial charge < -0.3 is 24.6 Å². The predicted molar refractivity (Wildman–Crippen MR) is 133 cm³/mol. The maximum Gasteiger partial charge on any atom is 0.194 e. The Morgan fingerprint density at radius 1 is 1.23 bits per heavy atom. The summed E-state index contributed by atoms with van der Waals surface area (Å²) in [7, 11) is 4.12. The molecule has 0 radical (unpaired) electrons. The zero-order chi connectivity index (χ0) is 20.5. The van der Waals surface area contributed by atoms with Gasteiger partial charge in [0.05, 0.1) is 19.8 Å². The van der Waals surface area contributed by atoms with E-state index < -0.39 is 0 Å². The molecule has 2 fully saturated rings. The highest BCUT2D eigenvalue weighted by Gasteiger charge is 2.30. The Balaban J connectivity index is 0.00000320. The van der Waals surface area contributed by atoms with Crippen molar-refractivity contribution < 1.29 is 9.47 Å². The average molecular weight is 531 g/mol. The van der Waals surface area contributed by atoms with Crippen molar-refractivity contribution >= 4 is 29.9 Å². The number of likely N-dealkylation sites (N-methyl/N-ethyl adjacent to an activating group) is 1. The van der Waals surface area contributed by atoms with E-state index in [2.05, 4.69) is 53.2 Å². The Bertz CT molecular complexity index is 652. The summed E-state index contributed by atoms with van der Waals surface area (Å²) in [5, 5.41) is 3.48. The molecule has 1 unspecified atom stereocenters. The number of rotatable bonds is 8. The van der Waals surface area contributed by atoms with Gasteiger partial charge in [-0.25, -0.2) is 4.99 Å². The zero-order valence-corrected chi connectivity index (χ0v) is 21.0. The molecule has 1 aromatic rings. The van der Waals surface area contributed by atoms with Crippen LogP contribution in [0, 0.1) is 0 Å². The minimum Gasteiger partial charge on any atom is -0.492 e.